The maximum absolute atomic E-state index is 12.7. The monoisotopic (exact) mass is 257 g/mol. The minimum atomic E-state index is -1.24. The van der Waals surface area contributed by atoms with Crippen LogP contribution in [-0.2, 0) is 9.53 Å². The first-order valence-corrected chi connectivity index (χ1v) is 4.97. The minimum Gasteiger partial charge on any atom is -0.507 e. The Kier molecular flexibility index (Phi) is 4.61. The van der Waals surface area contributed by atoms with Crippen molar-refractivity contribution in [2.24, 2.45) is 0 Å². The second-order valence-electron chi connectivity index (χ2n) is 3.39. The molecule has 0 saturated carbocycles. The Hall–Kier alpha value is -2.15. The molecule has 0 aliphatic carbocycles. The van der Waals surface area contributed by atoms with Gasteiger partial charge < -0.3 is 20.3 Å². The molecule has 6 nitrogen and oxygen atoms in total. The number of aliphatic hydroxyl groups excluding tert-OH is 1. The summed E-state index contributed by atoms with van der Waals surface area (Å²) in [7, 11) is 1.10. The number of halogens is 1. The third-order valence-electron chi connectivity index (χ3n) is 2.18. The lowest BCUT2D eigenvalue weighted by atomic mass is 10.1. The Bertz CT molecular complexity index is 463. The smallest absolute Gasteiger partial charge is 0.330 e. The molecule has 7 heteroatoms. The molecule has 98 valence electrons. The van der Waals surface area contributed by atoms with Gasteiger partial charge in [0.05, 0.1) is 19.3 Å². The molecule has 0 aliphatic heterocycles. The number of benzene rings is 1. The summed E-state index contributed by atoms with van der Waals surface area (Å²) in [5.41, 5.74) is -0.209. The van der Waals surface area contributed by atoms with Crippen LogP contribution in [0.5, 0.6) is 5.75 Å². The van der Waals surface area contributed by atoms with E-state index in [4.69, 9.17) is 5.11 Å². The number of phenolic OH excluding ortho intramolecular Hbond substituents is 1. The lowest BCUT2D eigenvalue weighted by Gasteiger charge is -2.14. The van der Waals surface area contributed by atoms with E-state index in [9.17, 15) is 19.1 Å². The van der Waals surface area contributed by atoms with Crippen molar-refractivity contribution < 1.29 is 28.9 Å². The lowest BCUT2D eigenvalue weighted by molar-refractivity contribution is -0.143. The molecular weight excluding hydrogens is 245 g/mol. The minimum absolute atomic E-state index is 0.209. The van der Waals surface area contributed by atoms with Crippen molar-refractivity contribution in [1.29, 1.82) is 0 Å². The third kappa shape index (κ3) is 3.17. The SMILES string of the molecule is COC(=O)C(CO)NC(=O)c1ccc(F)cc1O. The maximum atomic E-state index is 12.7. The number of ether oxygens (including phenoxy) is 1. The highest BCUT2D eigenvalue weighted by Gasteiger charge is 2.22. The van der Waals surface area contributed by atoms with Crippen molar-refractivity contribution in [3.05, 3.63) is 29.6 Å². The molecule has 0 spiro atoms. The van der Waals surface area contributed by atoms with Gasteiger partial charge in [0.15, 0.2) is 6.04 Å². The van der Waals surface area contributed by atoms with Crippen molar-refractivity contribution >= 4 is 11.9 Å². The molecule has 0 heterocycles. The van der Waals surface area contributed by atoms with Crippen LogP contribution >= 0.6 is 0 Å². The summed E-state index contributed by atoms with van der Waals surface area (Å²) in [4.78, 5) is 22.8. The number of esters is 1. The standard InChI is InChI=1S/C11H12FNO5/c1-18-11(17)8(5-14)13-10(16)7-3-2-6(12)4-9(7)15/h2-4,8,14-15H,5H2,1H3,(H,13,16). The van der Waals surface area contributed by atoms with Gasteiger partial charge in [-0.25, -0.2) is 9.18 Å². The lowest BCUT2D eigenvalue weighted by Crippen LogP contribution is -2.44. The van der Waals surface area contributed by atoms with E-state index in [-0.39, 0.29) is 5.56 Å². The van der Waals surface area contributed by atoms with Crippen LogP contribution < -0.4 is 5.32 Å². The fourth-order valence-electron chi connectivity index (χ4n) is 1.25. The van der Waals surface area contributed by atoms with Gasteiger partial charge >= 0.3 is 5.97 Å². The molecule has 0 bridgehead atoms. The van der Waals surface area contributed by atoms with Gasteiger partial charge in [-0.15, -0.1) is 0 Å². The van der Waals surface area contributed by atoms with Crippen molar-refractivity contribution in [2.75, 3.05) is 13.7 Å². The summed E-state index contributed by atoms with van der Waals surface area (Å²) in [6.07, 6.45) is 0. The maximum Gasteiger partial charge on any atom is 0.330 e. The summed E-state index contributed by atoms with van der Waals surface area (Å²) >= 11 is 0. The summed E-state index contributed by atoms with van der Waals surface area (Å²) < 4.78 is 17.1. The third-order valence-corrected chi connectivity index (χ3v) is 2.18. The molecule has 0 aliphatic rings. The van der Waals surface area contributed by atoms with Crippen molar-refractivity contribution in [2.45, 2.75) is 6.04 Å². The average Bonchev–Trinajstić information content (AvgIpc) is 2.34. The van der Waals surface area contributed by atoms with E-state index >= 15 is 0 Å². The van der Waals surface area contributed by atoms with E-state index in [1.54, 1.807) is 0 Å². The van der Waals surface area contributed by atoms with E-state index < -0.39 is 36.1 Å². The Labute approximate surface area is 102 Å². The van der Waals surface area contributed by atoms with E-state index in [2.05, 4.69) is 10.1 Å². The van der Waals surface area contributed by atoms with Gasteiger partial charge in [0, 0.05) is 6.07 Å². The number of methoxy groups -OCH3 is 1. The molecule has 1 unspecified atom stereocenters. The van der Waals surface area contributed by atoms with Crippen LogP contribution in [0.15, 0.2) is 18.2 Å². The van der Waals surface area contributed by atoms with Crippen LogP contribution in [0, 0.1) is 5.82 Å². The Morgan fingerprint density at radius 1 is 1.50 bits per heavy atom. The zero-order valence-electron chi connectivity index (χ0n) is 9.51. The molecule has 0 radical (unpaired) electrons. The number of rotatable bonds is 4. The number of amides is 1. The fraction of sp³-hybridized carbons (Fsp3) is 0.273. The van der Waals surface area contributed by atoms with Gasteiger partial charge in [-0.1, -0.05) is 0 Å². The molecule has 0 saturated heterocycles. The van der Waals surface area contributed by atoms with Crippen molar-refractivity contribution in [3.63, 3.8) is 0 Å². The van der Waals surface area contributed by atoms with Crippen molar-refractivity contribution in [1.82, 2.24) is 5.32 Å². The number of hydrogen-bond acceptors (Lipinski definition) is 5. The van der Waals surface area contributed by atoms with Gasteiger partial charge in [0.2, 0.25) is 0 Å². The van der Waals surface area contributed by atoms with Gasteiger partial charge in [-0.2, -0.15) is 0 Å². The van der Waals surface area contributed by atoms with Gasteiger partial charge in [-0.05, 0) is 12.1 Å². The van der Waals surface area contributed by atoms with Crippen molar-refractivity contribution in [3.8, 4) is 5.75 Å². The quantitative estimate of drug-likeness (QED) is 0.649. The number of carbonyl (C=O) groups excluding carboxylic acids is 2. The molecule has 3 N–H and O–H groups in total. The predicted octanol–water partition coefficient (Wildman–Crippen LogP) is -0.205. The topological polar surface area (TPSA) is 95.9 Å². The molecule has 18 heavy (non-hydrogen) atoms. The highest BCUT2D eigenvalue weighted by molar-refractivity contribution is 5.98. The van der Waals surface area contributed by atoms with Crippen LogP contribution in [0.2, 0.25) is 0 Å². The van der Waals surface area contributed by atoms with E-state index in [0.717, 1.165) is 25.3 Å². The second kappa shape index (κ2) is 5.97. The number of phenols is 1. The van der Waals surface area contributed by atoms with Gasteiger partial charge in [-0.3, -0.25) is 4.79 Å². The van der Waals surface area contributed by atoms with E-state index in [0.29, 0.717) is 0 Å². The molecular formula is C11H12FNO5. The van der Waals surface area contributed by atoms with Crippen LogP contribution in [0.4, 0.5) is 4.39 Å². The van der Waals surface area contributed by atoms with E-state index in [1.165, 1.54) is 0 Å². The van der Waals surface area contributed by atoms with Gasteiger partial charge in [0.1, 0.15) is 11.6 Å². The van der Waals surface area contributed by atoms with Crippen LogP contribution in [0.3, 0.4) is 0 Å². The number of hydrogen-bond donors (Lipinski definition) is 3. The molecule has 0 aromatic heterocycles. The van der Waals surface area contributed by atoms with Crippen LogP contribution in [-0.4, -0.2) is 41.8 Å². The first-order valence-electron chi connectivity index (χ1n) is 4.97. The number of carbonyl (C=O) groups is 2. The largest absolute Gasteiger partial charge is 0.507 e. The first kappa shape index (κ1) is 13.9. The average molecular weight is 257 g/mol. The zero-order valence-corrected chi connectivity index (χ0v) is 9.51. The Morgan fingerprint density at radius 2 is 2.17 bits per heavy atom. The molecule has 1 rings (SSSR count). The van der Waals surface area contributed by atoms with Crippen LogP contribution in [0.25, 0.3) is 0 Å². The summed E-state index contributed by atoms with van der Waals surface area (Å²) in [6.45, 7) is -0.652. The summed E-state index contributed by atoms with van der Waals surface area (Å²) in [5.74, 6) is -2.91. The Morgan fingerprint density at radius 3 is 2.67 bits per heavy atom. The second-order valence-corrected chi connectivity index (χ2v) is 3.39. The number of aliphatic hydroxyl groups is 1. The predicted molar refractivity (Wildman–Crippen MR) is 58.4 cm³/mol. The number of aromatic hydroxyl groups is 1. The molecule has 1 aromatic carbocycles. The fourth-order valence-corrected chi connectivity index (χ4v) is 1.25. The van der Waals surface area contributed by atoms with E-state index in [1.807, 2.05) is 0 Å². The Balaban J connectivity index is 2.84. The summed E-state index contributed by atoms with van der Waals surface area (Å²) in [5, 5.41) is 20.4. The number of nitrogens with one attached hydrogen (secondary N) is 1. The zero-order chi connectivity index (χ0) is 13.7. The van der Waals surface area contributed by atoms with Crippen LogP contribution in [0.1, 0.15) is 10.4 Å². The molecule has 1 aromatic rings. The molecule has 0 fully saturated rings. The summed E-state index contributed by atoms with van der Waals surface area (Å²) in [6, 6.07) is 1.57. The normalized spacial score (nSPS) is 11.7. The highest BCUT2D eigenvalue weighted by atomic mass is 19.1. The van der Waals surface area contributed by atoms with Gasteiger partial charge in [0.25, 0.3) is 5.91 Å². The first-order chi connectivity index (χ1) is 8.49. The molecule has 1 atom stereocenters. The molecule has 1 amide bonds. The highest BCUT2D eigenvalue weighted by Crippen LogP contribution is 2.17.